The number of piperazine rings is 2. The van der Waals surface area contributed by atoms with Crippen LogP contribution in [-0.2, 0) is 19.1 Å². The fourth-order valence-electron chi connectivity index (χ4n) is 6.30. The maximum Gasteiger partial charge on any atom is 0.410 e. The number of aliphatic hydroxyl groups is 2. The Bertz CT molecular complexity index is 1290. The Labute approximate surface area is 277 Å². The van der Waals surface area contributed by atoms with Gasteiger partial charge in [0.2, 0.25) is 5.91 Å². The van der Waals surface area contributed by atoms with Gasteiger partial charge in [0.15, 0.2) is 0 Å². The predicted molar refractivity (Wildman–Crippen MR) is 177 cm³/mol. The van der Waals surface area contributed by atoms with Crippen LogP contribution >= 0.6 is 0 Å². The van der Waals surface area contributed by atoms with Crippen LogP contribution in [-0.4, -0.2) is 127 Å². The standard InChI is InChI=1S/C35H51FN4O7/c1-24-5-7-30(42)23-33(44)47-34(25(2)6-8-31(24)46-35(45)40-12-10-37(4)11-13-40)26(3)19-27-20-28(36)22-29(21-27)38-14-16-39(17-15-38)32(43)9-18-41/h6,8,19-22,24-25,30-31,34,41-42H,5,7,9-18,23H2,1-4H3/b8-6-,26-19+/t24-,25-,30+,31-,34-/m0/s1. The van der Waals surface area contributed by atoms with Crippen LogP contribution in [0.4, 0.5) is 14.9 Å². The highest BCUT2D eigenvalue weighted by Gasteiger charge is 2.29. The minimum atomic E-state index is -0.896. The molecule has 12 heteroatoms. The smallest absolute Gasteiger partial charge is 0.410 e. The number of halogens is 1. The minimum Gasteiger partial charge on any atom is -0.457 e. The summed E-state index contributed by atoms with van der Waals surface area (Å²) in [5, 5.41) is 19.7. The Morgan fingerprint density at radius 2 is 1.68 bits per heavy atom. The molecule has 47 heavy (non-hydrogen) atoms. The predicted octanol–water partition coefficient (Wildman–Crippen LogP) is 3.30. The van der Waals surface area contributed by atoms with Gasteiger partial charge in [-0.15, -0.1) is 0 Å². The largest absolute Gasteiger partial charge is 0.457 e. The first-order valence-electron chi connectivity index (χ1n) is 16.8. The number of carbonyl (C=O) groups excluding carboxylic acids is 3. The highest BCUT2D eigenvalue weighted by atomic mass is 19.1. The zero-order chi connectivity index (χ0) is 34.1. The van der Waals surface area contributed by atoms with Gasteiger partial charge in [0, 0.05) is 70.4 Å². The van der Waals surface area contributed by atoms with Crippen LogP contribution in [0.1, 0.15) is 52.0 Å². The average molecular weight is 659 g/mol. The average Bonchev–Trinajstić information content (AvgIpc) is 3.03. The molecule has 5 atom stereocenters. The minimum absolute atomic E-state index is 0.0876. The van der Waals surface area contributed by atoms with Crippen molar-refractivity contribution >= 4 is 29.7 Å². The number of esters is 1. The summed E-state index contributed by atoms with van der Waals surface area (Å²) >= 11 is 0. The monoisotopic (exact) mass is 658 g/mol. The molecule has 0 saturated carbocycles. The number of rotatable bonds is 6. The van der Waals surface area contributed by atoms with Gasteiger partial charge in [-0.3, -0.25) is 9.59 Å². The van der Waals surface area contributed by atoms with Gasteiger partial charge in [0.05, 0.1) is 19.1 Å². The number of anilines is 1. The van der Waals surface area contributed by atoms with Crippen LogP contribution in [0.3, 0.4) is 0 Å². The van der Waals surface area contributed by atoms with E-state index in [9.17, 15) is 23.9 Å². The summed E-state index contributed by atoms with van der Waals surface area (Å²) in [6.45, 7) is 10.3. The molecule has 3 aliphatic rings. The van der Waals surface area contributed by atoms with Crippen molar-refractivity contribution in [1.82, 2.24) is 14.7 Å². The number of benzene rings is 1. The molecule has 1 aromatic carbocycles. The molecule has 4 rings (SSSR count). The molecule has 0 radical (unpaired) electrons. The van der Waals surface area contributed by atoms with E-state index < -0.39 is 30.1 Å². The Morgan fingerprint density at radius 1 is 1.00 bits per heavy atom. The van der Waals surface area contributed by atoms with Crippen LogP contribution in [0.2, 0.25) is 0 Å². The Hall–Kier alpha value is -3.48. The number of aliphatic hydroxyl groups excluding tert-OH is 2. The zero-order valence-corrected chi connectivity index (χ0v) is 28.1. The van der Waals surface area contributed by atoms with Gasteiger partial charge in [0.25, 0.3) is 0 Å². The van der Waals surface area contributed by atoms with Crippen LogP contribution in [0.5, 0.6) is 0 Å². The summed E-state index contributed by atoms with van der Waals surface area (Å²) in [6.07, 6.45) is 3.92. The SMILES string of the molecule is C/C(=C\c1cc(F)cc(N2CCN(C(=O)CCO)CC2)c1)[C@H]1OC(=O)C[C@H](O)CC[C@H](C)[C@@H](OC(=O)N2CCN(C)CC2)/C=C\[C@@H]1C. The number of amides is 2. The Morgan fingerprint density at radius 3 is 2.36 bits per heavy atom. The highest BCUT2D eigenvalue weighted by Crippen LogP contribution is 2.28. The number of cyclic esters (lactones) is 1. The lowest BCUT2D eigenvalue weighted by Gasteiger charge is -2.36. The van der Waals surface area contributed by atoms with E-state index in [1.54, 1.807) is 15.9 Å². The molecule has 0 unspecified atom stereocenters. The molecule has 0 aromatic heterocycles. The quantitative estimate of drug-likeness (QED) is 0.350. The molecule has 0 aliphatic carbocycles. The van der Waals surface area contributed by atoms with Gasteiger partial charge in [-0.25, -0.2) is 9.18 Å². The third-order valence-corrected chi connectivity index (χ3v) is 9.33. The van der Waals surface area contributed by atoms with Crippen molar-refractivity contribution in [3.05, 3.63) is 47.3 Å². The summed E-state index contributed by atoms with van der Waals surface area (Å²) in [7, 11) is 2.02. The third kappa shape index (κ3) is 10.5. The maximum absolute atomic E-state index is 14.9. The van der Waals surface area contributed by atoms with Gasteiger partial charge < -0.3 is 39.3 Å². The van der Waals surface area contributed by atoms with Crippen LogP contribution < -0.4 is 4.90 Å². The Balaban J connectivity index is 1.52. The van der Waals surface area contributed by atoms with E-state index in [1.165, 1.54) is 12.1 Å². The van der Waals surface area contributed by atoms with Gasteiger partial charge in [-0.2, -0.15) is 0 Å². The molecule has 2 saturated heterocycles. The van der Waals surface area contributed by atoms with Gasteiger partial charge in [0.1, 0.15) is 18.0 Å². The first-order chi connectivity index (χ1) is 22.4. The van der Waals surface area contributed by atoms with E-state index in [1.807, 2.05) is 50.9 Å². The number of carbonyl (C=O) groups is 3. The van der Waals surface area contributed by atoms with Crippen molar-refractivity contribution in [2.75, 3.05) is 70.9 Å². The second-order valence-electron chi connectivity index (χ2n) is 13.2. The lowest BCUT2D eigenvalue weighted by molar-refractivity contribution is -0.151. The number of hydrogen-bond acceptors (Lipinski definition) is 9. The number of ether oxygens (including phenoxy) is 2. The van der Waals surface area contributed by atoms with E-state index >= 15 is 0 Å². The summed E-state index contributed by atoms with van der Waals surface area (Å²) in [4.78, 5) is 45.8. The Kier molecular flexibility index (Phi) is 13.2. The molecular formula is C35H51FN4O7. The molecule has 3 heterocycles. The van der Waals surface area contributed by atoms with Crippen molar-refractivity contribution in [3.8, 4) is 0 Å². The molecule has 2 amide bonds. The van der Waals surface area contributed by atoms with Gasteiger partial charge in [-0.1, -0.05) is 26.0 Å². The molecule has 2 fully saturated rings. The fraction of sp³-hybridized carbons (Fsp3) is 0.629. The van der Waals surface area contributed by atoms with E-state index in [-0.39, 0.29) is 43.3 Å². The van der Waals surface area contributed by atoms with E-state index in [4.69, 9.17) is 14.6 Å². The summed E-state index contributed by atoms with van der Waals surface area (Å²) < 4.78 is 26.8. The van der Waals surface area contributed by atoms with Crippen LogP contribution in [0.15, 0.2) is 35.9 Å². The topological polar surface area (TPSA) is 123 Å². The first kappa shape index (κ1) is 36.4. The van der Waals surface area contributed by atoms with Crippen molar-refractivity contribution in [3.63, 3.8) is 0 Å². The number of hydrogen-bond donors (Lipinski definition) is 2. The second kappa shape index (κ2) is 17.1. The van der Waals surface area contributed by atoms with E-state index in [0.29, 0.717) is 68.9 Å². The van der Waals surface area contributed by atoms with Crippen LogP contribution in [0, 0.1) is 17.7 Å². The number of likely N-dealkylation sites (N-methyl/N-ethyl adjacent to an activating group) is 1. The summed E-state index contributed by atoms with van der Waals surface area (Å²) in [5.41, 5.74) is 1.98. The first-order valence-corrected chi connectivity index (χ1v) is 16.8. The van der Waals surface area contributed by atoms with Crippen molar-refractivity contribution in [2.45, 2.75) is 64.8 Å². The zero-order valence-electron chi connectivity index (χ0n) is 28.1. The highest BCUT2D eigenvalue weighted by molar-refractivity contribution is 5.76. The lowest BCUT2D eigenvalue weighted by atomic mass is 9.91. The van der Waals surface area contributed by atoms with Gasteiger partial charge >= 0.3 is 12.1 Å². The van der Waals surface area contributed by atoms with E-state index in [2.05, 4.69) is 4.90 Å². The number of nitrogens with zero attached hydrogens (tertiary/aromatic N) is 4. The lowest BCUT2D eigenvalue weighted by Crippen LogP contribution is -2.49. The van der Waals surface area contributed by atoms with Crippen molar-refractivity contribution in [1.29, 1.82) is 0 Å². The molecule has 3 aliphatic heterocycles. The van der Waals surface area contributed by atoms with E-state index in [0.717, 1.165) is 13.1 Å². The molecule has 0 bridgehead atoms. The van der Waals surface area contributed by atoms with Crippen LogP contribution in [0.25, 0.3) is 6.08 Å². The molecule has 0 spiro atoms. The fourth-order valence-corrected chi connectivity index (χ4v) is 6.30. The molecule has 11 nitrogen and oxygen atoms in total. The summed E-state index contributed by atoms with van der Waals surface area (Å²) in [5.74, 6) is -1.43. The molecule has 260 valence electrons. The third-order valence-electron chi connectivity index (χ3n) is 9.33. The van der Waals surface area contributed by atoms with Crippen molar-refractivity contribution in [2.24, 2.45) is 11.8 Å². The maximum atomic E-state index is 14.9. The summed E-state index contributed by atoms with van der Waals surface area (Å²) in [6, 6.07) is 4.76. The molecule has 1 aromatic rings. The normalized spacial score (nSPS) is 27.8. The second-order valence-corrected chi connectivity index (χ2v) is 13.2. The molecule has 2 N–H and O–H groups in total. The molecular weight excluding hydrogens is 607 g/mol. The van der Waals surface area contributed by atoms with Crippen molar-refractivity contribution < 1.29 is 38.5 Å². The van der Waals surface area contributed by atoms with Gasteiger partial charge in [-0.05, 0) is 68.1 Å².